The molecule has 0 rings (SSSR count). The molecule has 4 nitrogen and oxygen atoms in total. The fourth-order valence-electron chi connectivity index (χ4n) is 0.553. The molecule has 11 heavy (non-hydrogen) atoms. The number of amides is 2. The molecule has 0 aliphatic heterocycles. The number of hydrogen-bond donors (Lipinski definition) is 2. The first kappa shape index (κ1) is 9.87. The minimum absolute atomic E-state index is 0.241. The first-order chi connectivity index (χ1) is 5.31. The second-order valence-electron chi connectivity index (χ2n) is 1.96. The molecule has 0 aromatic rings. The van der Waals surface area contributed by atoms with E-state index < -0.39 is 6.67 Å². The molecule has 0 spiro atoms. The van der Waals surface area contributed by atoms with E-state index in [0.29, 0.717) is 19.3 Å². The smallest absolute Gasteiger partial charge is 0.238 e. The van der Waals surface area contributed by atoms with E-state index in [-0.39, 0.29) is 12.3 Å². The average Bonchev–Trinajstić information content (AvgIpc) is 2.01. The molecule has 0 unspecified atom stereocenters. The van der Waals surface area contributed by atoms with Crippen LogP contribution in [0.15, 0.2) is 0 Å². The average molecular weight is 162 g/mol. The van der Waals surface area contributed by atoms with Gasteiger partial charge in [0.05, 0.1) is 6.67 Å². The number of carbonyl (C=O) groups is 2. The molecule has 0 saturated heterocycles. The summed E-state index contributed by atoms with van der Waals surface area (Å²) in [5, 5.41) is 0. The van der Waals surface area contributed by atoms with Gasteiger partial charge in [-0.05, 0) is 12.8 Å². The van der Waals surface area contributed by atoms with E-state index in [1.807, 2.05) is 5.43 Å². The van der Waals surface area contributed by atoms with E-state index in [1.54, 1.807) is 0 Å². The van der Waals surface area contributed by atoms with Crippen LogP contribution < -0.4 is 10.9 Å². The third kappa shape index (κ3) is 6.76. The molecule has 0 heterocycles. The van der Waals surface area contributed by atoms with Crippen molar-refractivity contribution in [3.8, 4) is 0 Å². The summed E-state index contributed by atoms with van der Waals surface area (Å²) < 4.78 is 11.5. The van der Waals surface area contributed by atoms with Gasteiger partial charge in [-0.2, -0.15) is 0 Å². The number of hydrazine groups is 1. The molecule has 0 atom stereocenters. The summed E-state index contributed by atoms with van der Waals surface area (Å²) in [6.07, 6.45) is 1.50. The van der Waals surface area contributed by atoms with Crippen molar-refractivity contribution >= 4 is 12.3 Å². The molecule has 0 aliphatic carbocycles. The Kier molecular flexibility index (Phi) is 6.27. The number of hydrogen-bond acceptors (Lipinski definition) is 2. The Morgan fingerprint density at radius 2 is 2.18 bits per heavy atom. The van der Waals surface area contributed by atoms with Crippen molar-refractivity contribution in [2.45, 2.75) is 19.3 Å². The Labute approximate surface area is 64.1 Å². The van der Waals surface area contributed by atoms with Crippen LogP contribution in [-0.2, 0) is 9.59 Å². The zero-order valence-electron chi connectivity index (χ0n) is 6.10. The van der Waals surface area contributed by atoms with Gasteiger partial charge in [0.1, 0.15) is 0 Å². The van der Waals surface area contributed by atoms with Crippen LogP contribution in [0.4, 0.5) is 4.39 Å². The highest BCUT2D eigenvalue weighted by atomic mass is 19.1. The van der Waals surface area contributed by atoms with Crippen LogP contribution >= 0.6 is 0 Å². The summed E-state index contributed by atoms with van der Waals surface area (Å²) >= 11 is 0. The molecular weight excluding hydrogens is 151 g/mol. The second-order valence-corrected chi connectivity index (χ2v) is 1.96. The lowest BCUT2D eigenvalue weighted by Gasteiger charge is -2.00. The molecule has 64 valence electrons. The highest BCUT2D eigenvalue weighted by Crippen LogP contribution is 1.94. The zero-order valence-corrected chi connectivity index (χ0v) is 6.10. The summed E-state index contributed by atoms with van der Waals surface area (Å²) in [6.45, 7) is -0.408. The van der Waals surface area contributed by atoms with Crippen LogP contribution in [0.3, 0.4) is 0 Å². The number of rotatable bonds is 6. The lowest BCUT2D eigenvalue weighted by molar-refractivity contribution is -0.124. The predicted molar refractivity (Wildman–Crippen MR) is 37.2 cm³/mol. The molecule has 0 saturated carbocycles. The number of carbonyl (C=O) groups excluding carboxylic acids is 2. The number of nitrogens with one attached hydrogen (secondary N) is 2. The van der Waals surface area contributed by atoms with Crippen LogP contribution in [0, 0.1) is 0 Å². The summed E-state index contributed by atoms with van der Waals surface area (Å²) in [6, 6.07) is 0. The minimum atomic E-state index is -0.408. The van der Waals surface area contributed by atoms with E-state index in [2.05, 4.69) is 5.43 Å². The molecule has 0 radical (unpaired) electrons. The summed E-state index contributed by atoms with van der Waals surface area (Å²) in [7, 11) is 0. The standard InChI is InChI=1S/C6H11FN2O2/c7-4-2-1-3-6(11)9-8-5-10/h5H,1-4H2,(H,8,10)(H,9,11). The van der Waals surface area contributed by atoms with Crippen molar-refractivity contribution in [1.29, 1.82) is 0 Å². The summed E-state index contributed by atoms with van der Waals surface area (Å²) in [4.78, 5) is 20.3. The van der Waals surface area contributed by atoms with Crippen molar-refractivity contribution in [3.05, 3.63) is 0 Å². The Hall–Kier alpha value is -1.13. The van der Waals surface area contributed by atoms with Gasteiger partial charge >= 0.3 is 0 Å². The van der Waals surface area contributed by atoms with Gasteiger partial charge in [0.25, 0.3) is 0 Å². The van der Waals surface area contributed by atoms with Gasteiger partial charge in [0, 0.05) is 6.42 Å². The van der Waals surface area contributed by atoms with Crippen molar-refractivity contribution in [1.82, 2.24) is 10.9 Å². The Bertz CT molecular complexity index is 130. The molecule has 0 fully saturated rings. The molecule has 0 aliphatic rings. The van der Waals surface area contributed by atoms with E-state index in [0.717, 1.165) is 0 Å². The Morgan fingerprint density at radius 3 is 2.73 bits per heavy atom. The summed E-state index contributed by atoms with van der Waals surface area (Å²) in [5.41, 5.74) is 4.11. The molecule has 0 aromatic carbocycles. The first-order valence-corrected chi connectivity index (χ1v) is 3.35. The maximum atomic E-state index is 11.5. The third-order valence-corrected chi connectivity index (χ3v) is 1.06. The third-order valence-electron chi connectivity index (χ3n) is 1.06. The van der Waals surface area contributed by atoms with Crippen molar-refractivity contribution in [3.63, 3.8) is 0 Å². The van der Waals surface area contributed by atoms with Gasteiger partial charge in [-0.25, -0.2) is 0 Å². The van der Waals surface area contributed by atoms with Crippen LogP contribution in [-0.4, -0.2) is 19.0 Å². The van der Waals surface area contributed by atoms with Gasteiger partial charge in [0.2, 0.25) is 12.3 Å². The number of halogens is 1. The van der Waals surface area contributed by atoms with E-state index in [1.165, 1.54) is 0 Å². The maximum Gasteiger partial charge on any atom is 0.238 e. The van der Waals surface area contributed by atoms with Gasteiger partial charge in [-0.15, -0.1) is 0 Å². The Morgan fingerprint density at radius 1 is 1.45 bits per heavy atom. The first-order valence-electron chi connectivity index (χ1n) is 3.35. The highest BCUT2D eigenvalue weighted by molar-refractivity contribution is 5.76. The molecule has 0 aromatic heterocycles. The number of unbranched alkanes of at least 4 members (excludes halogenated alkanes) is 1. The van der Waals surface area contributed by atoms with Gasteiger partial charge < -0.3 is 0 Å². The number of alkyl halides is 1. The van der Waals surface area contributed by atoms with Gasteiger partial charge in [-0.3, -0.25) is 24.8 Å². The highest BCUT2D eigenvalue weighted by Gasteiger charge is 1.97. The quantitative estimate of drug-likeness (QED) is 0.325. The summed E-state index contributed by atoms with van der Waals surface area (Å²) in [5.74, 6) is -0.300. The maximum absolute atomic E-state index is 11.5. The van der Waals surface area contributed by atoms with Crippen LogP contribution in [0.2, 0.25) is 0 Å². The SMILES string of the molecule is O=CNNC(=O)CCCCF. The molecule has 2 N–H and O–H groups in total. The normalized spacial score (nSPS) is 8.82. The predicted octanol–water partition coefficient (Wildman–Crippen LogP) is -0.0966. The fourth-order valence-corrected chi connectivity index (χ4v) is 0.553. The Balaban J connectivity index is 3.15. The van der Waals surface area contributed by atoms with Crippen LogP contribution in [0.25, 0.3) is 0 Å². The molecular formula is C6H11FN2O2. The van der Waals surface area contributed by atoms with E-state index in [9.17, 15) is 14.0 Å². The lowest BCUT2D eigenvalue weighted by atomic mass is 10.2. The largest absolute Gasteiger partial charge is 0.277 e. The van der Waals surface area contributed by atoms with Gasteiger partial charge in [0.15, 0.2) is 0 Å². The van der Waals surface area contributed by atoms with Crippen LogP contribution in [0.5, 0.6) is 0 Å². The van der Waals surface area contributed by atoms with Gasteiger partial charge in [-0.1, -0.05) is 0 Å². The molecule has 2 amide bonds. The van der Waals surface area contributed by atoms with Crippen LogP contribution in [0.1, 0.15) is 19.3 Å². The topological polar surface area (TPSA) is 58.2 Å². The zero-order chi connectivity index (χ0) is 8.53. The molecule has 5 heteroatoms. The second kappa shape index (κ2) is 6.98. The van der Waals surface area contributed by atoms with Crippen molar-refractivity contribution in [2.24, 2.45) is 0 Å². The van der Waals surface area contributed by atoms with Crippen molar-refractivity contribution < 1.29 is 14.0 Å². The van der Waals surface area contributed by atoms with Crippen molar-refractivity contribution in [2.75, 3.05) is 6.67 Å². The lowest BCUT2D eigenvalue weighted by Crippen LogP contribution is -2.35. The molecule has 0 bridgehead atoms. The minimum Gasteiger partial charge on any atom is -0.277 e. The monoisotopic (exact) mass is 162 g/mol. The van der Waals surface area contributed by atoms with E-state index in [4.69, 9.17) is 0 Å². The van der Waals surface area contributed by atoms with E-state index >= 15 is 0 Å². The fraction of sp³-hybridized carbons (Fsp3) is 0.667.